The number of hydrogen-bond acceptors (Lipinski definition) is 3. The number of cyclic esters (lactones) is 1. The van der Waals surface area contributed by atoms with Crippen LogP contribution in [0, 0.1) is 5.41 Å². The van der Waals surface area contributed by atoms with Crippen molar-refractivity contribution in [3.63, 3.8) is 0 Å². The van der Waals surface area contributed by atoms with Crippen molar-refractivity contribution in [1.29, 1.82) is 0 Å². The van der Waals surface area contributed by atoms with Crippen LogP contribution in [0.15, 0.2) is 12.7 Å². The van der Waals surface area contributed by atoms with E-state index >= 15 is 0 Å². The normalized spacial score (nSPS) is 34.8. The first kappa shape index (κ1) is 9.26. The van der Waals surface area contributed by atoms with E-state index in [-0.39, 0.29) is 5.97 Å². The Morgan fingerprint density at radius 2 is 2.58 bits per heavy atom. The second-order valence-electron chi connectivity index (χ2n) is 3.19. The van der Waals surface area contributed by atoms with Gasteiger partial charge in [0, 0.05) is 6.42 Å². The number of aliphatic hydroxyl groups is 1. The zero-order chi connectivity index (χ0) is 9.19. The van der Waals surface area contributed by atoms with Gasteiger partial charge in [0.1, 0.15) is 0 Å². The molecule has 1 saturated heterocycles. The first-order valence-corrected chi connectivity index (χ1v) is 4.14. The molecule has 0 radical (unpaired) electrons. The Morgan fingerprint density at radius 3 is 2.92 bits per heavy atom. The number of aliphatic hydroxyl groups excluding tert-OH is 1. The minimum absolute atomic E-state index is 0.294. The predicted molar refractivity (Wildman–Crippen MR) is 44.3 cm³/mol. The highest BCUT2D eigenvalue weighted by molar-refractivity contribution is 5.79. The fourth-order valence-corrected chi connectivity index (χ4v) is 1.58. The van der Waals surface area contributed by atoms with Gasteiger partial charge < -0.3 is 9.84 Å². The third-order valence-corrected chi connectivity index (χ3v) is 2.45. The van der Waals surface area contributed by atoms with Crippen molar-refractivity contribution in [1.82, 2.24) is 0 Å². The van der Waals surface area contributed by atoms with Crippen molar-refractivity contribution < 1.29 is 14.6 Å². The van der Waals surface area contributed by atoms with E-state index in [1.807, 2.05) is 6.92 Å². The number of carbonyl (C=O) groups excluding carboxylic acids is 1. The van der Waals surface area contributed by atoms with Crippen molar-refractivity contribution in [3.8, 4) is 0 Å². The fourth-order valence-electron chi connectivity index (χ4n) is 1.58. The highest BCUT2D eigenvalue weighted by Gasteiger charge is 2.46. The van der Waals surface area contributed by atoms with Gasteiger partial charge in [0.2, 0.25) is 6.29 Å². The van der Waals surface area contributed by atoms with Crippen LogP contribution in [-0.2, 0) is 9.53 Å². The summed E-state index contributed by atoms with van der Waals surface area (Å²) in [5.41, 5.74) is -0.513. The molecule has 0 aromatic carbocycles. The minimum Gasteiger partial charge on any atom is -0.435 e. The Balaban J connectivity index is 2.78. The van der Waals surface area contributed by atoms with Crippen LogP contribution in [0.4, 0.5) is 0 Å². The van der Waals surface area contributed by atoms with Gasteiger partial charge in [-0.05, 0) is 12.8 Å². The summed E-state index contributed by atoms with van der Waals surface area (Å²) < 4.78 is 4.69. The summed E-state index contributed by atoms with van der Waals surface area (Å²) in [6, 6.07) is 0. The molecule has 0 aliphatic carbocycles. The van der Waals surface area contributed by atoms with Crippen molar-refractivity contribution in [2.24, 2.45) is 5.41 Å². The number of hydrogen-bond donors (Lipinski definition) is 1. The molecule has 0 aromatic heterocycles. The molecule has 3 heteroatoms. The standard InChI is InChI=1S/C9H14O3/c1-3-5-9(4-2)6-7(10)12-8(9)11/h3,7,10H,1,4-6H2,2H3. The molecule has 0 saturated carbocycles. The van der Waals surface area contributed by atoms with Gasteiger partial charge in [0.05, 0.1) is 5.41 Å². The summed E-state index contributed by atoms with van der Waals surface area (Å²) in [5, 5.41) is 9.12. The number of rotatable bonds is 3. The summed E-state index contributed by atoms with van der Waals surface area (Å²) in [4.78, 5) is 11.3. The lowest BCUT2D eigenvalue weighted by molar-refractivity contribution is -0.158. The third-order valence-electron chi connectivity index (χ3n) is 2.45. The second-order valence-corrected chi connectivity index (χ2v) is 3.19. The Hall–Kier alpha value is -0.830. The first-order valence-electron chi connectivity index (χ1n) is 4.14. The second kappa shape index (κ2) is 3.27. The molecule has 1 aliphatic rings. The summed E-state index contributed by atoms with van der Waals surface area (Å²) >= 11 is 0. The van der Waals surface area contributed by atoms with Gasteiger partial charge in [0.15, 0.2) is 0 Å². The topological polar surface area (TPSA) is 46.5 Å². The van der Waals surface area contributed by atoms with Crippen LogP contribution in [0.2, 0.25) is 0 Å². The van der Waals surface area contributed by atoms with E-state index in [0.29, 0.717) is 19.3 Å². The van der Waals surface area contributed by atoms with E-state index in [1.165, 1.54) is 0 Å². The van der Waals surface area contributed by atoms with Gasteiger partial charge >= 0.3 is 5.97 Å². The van der Waals surface area contributed by atoms with E-state index in [4.69, 9.17) is 5.11 Å². The Kier molecular flexibility index (Phi) is 2.52. The lowest BCUT2D eigenvalue weighted by atomic mass is 9.80. The third kappa shape index (κ3) is 1.37. The molecule has 1 aliphatic heterocycles. The molecular weight excluding hydrogens is 156 g/mol. The van der Waals surface area contributed by atoms with Gasteiger partial charge in [-0.15, -0.1) is 6.58 Å². The molecule has 1 heterocycles. The van der Waals surface area contributed by atoms with Crippen LogP contribution >= 0.6 is 0 Å². The van der Waals surface area contributed by atoms with Crippen molar-refractivity contribution in [2.45, 2.75) is 32.5 Å². The molecule has 0 aromatic rings. The molecular formula is C9H14O3. The maximum atomic E-state index is 11.3. The lowest BCUT2D eigenvalue weighted by Gasteiger charge is -2.19. The van der Waals surface area contributed by atoms with Gasteiger partial charge in [-0.3, -0.25) is 4.79 Å². The van der Waals surface area contributed by atoms with Gasteiger partial charge in [-0.1, -0.05) is 13.0 Å². The smallest absolute Gasteiger partial charge is 0.314 e. The molecule has 0 spiro atoms. The zero-order valence-electron chi connectivity index (χ0n) is 7.25. The molecule has 1 rings (SSSR count). The summed E-state index contributed by atoms with van der Waals surface area (Å²) in [6.07, 6.45) is 2.45. The highest BCUT2D eigenvalue weighted by atomic mass is 16.6. The van der Waals surface area contributed by atoms with Crippen molar-refractivity contribution >= 4 is 5.97 Å². The summed E-state index contributed by atoms with van der Waals surface area (Å²) in [7, 11) is 0. The van der Waals surface area contributed by atoms with Gasteiger partial charge in [-0.2, -0.15) is 0 Å². The van der Waals surface area contributed by atoms with Gasteiger partial charge in [0.25, 0.3) is 0 Å². The number of allylic oxidation sites excluding steroid dienone is 1. The summed E-state index contributed by atoms with van der Waals surface area (Å²) in [5.74, 6) is -0.294. The Morgan fingerprint density at radius 1 is 1.92 bits per heavy atom. The van der Waals surface area contributed by atoms with Crippen LogP contribution in [0.3, 0.4) is 0 Å². The lowest BCUT2D eigenvalue weighted by Crippen LogP contribution is -2.24. The Labute approximate surface area is 72.0 Å². The predicted octanol–water partition coefficient (Wildman–Crippen LogP) is 1.22. The molecule has 1 N–H and O–H groups in total. The maximum Gasteiger partial charge on any atom is 0.314 e. The molecule has 0 bridgehead atoms. The van der Waals surface area contributed by atoms with Crippen LogP contribution in [-0.4, -0.2) is 17.4 Å². The monoisotopic (exact) mass is 170 g/mol. The molecule has 2 atom stereocenters. The molecule has 3 nitrogen and oxygen atoms in total. The van der Waals surface area contributed by atoms with E-state index in [1.54, 1.807) is 6.08 Å². The SMILES string of the molecule is C=CCC1(CC)CC(O)OC1=O. The average Bonchev–Trinajstić information content (AvgIpc) is 2.28. The maximum absolute atomic E-state index is 11.3. The molecule has 2 unspecified atom stereocenters. The fraction of sp³-hybridized carbons (Fsp3) is 0.667. The van der Waals surface area contributed by atoms with Gasteiger partial charge in [-0.25, -0.2) is 0 Å². The highest BCUT2D eigenvalue weighted by Crippen LogP contribution is 2.39. The van der Waals surface area contributed by atoms with E-state index in [9.17, 15) is 4.79 Å². The molecule has 1 fully saturated rings. The first-order chi connectivity index (χ1) is 5.64. The number of esters is 1. The number of ether oxygens (including phenoxy) is 1. The van der Waals surface area contributed by atoms with E-state index < -0.39 is 11.7 Å². The van der Waals surface area contributed by atoms with Crippen LogP contribution in [0.1, 0.15) is 26.2 Å². The Bertz CT molecular complexity index is 200. The van der Waals surface area contributed by atoms with Crippen LogP contribution < -0.4 is 0 Å². The van der Waals surface area contributed by atoms with Crippen LogP contribution in [0.5, 0.6) is 0 Å². The van der Waals surface area contributed by atoms with Crippen molar-refractivity contribution in [3.05, 3.63) is 12.7 Å². The van der Waals surface area contributed by atoms with E-state index in [2.05, 4.69) is 11.3 Å². The number of carbonyl (C=O) groups is 1. The average molecular weight is 170 g/mol. The molecule has 0 amide bonds. The quantitative estimate of drug-likeness (QED) is 0.511. The largest absolute Gasteiger partial charge is 0.435 e. The molecule has 68 valence electrons. The molecule has 12 heavy (non-hydrogen) atoms. The van der Waals surface area contributed by atoms with Crippen LogP contribution in [0.25, 0.3) is 0 Å². The zero-order valence-corrected chi connectivity index (χ0v) is 7.25. The van der Waals surface area contributed by atoms with E-state index in [0.717, 1.165) is 0 Å². The summed E-state index contributed by atoms with van der Waals surface area (Å²) in [6.45, 7) is 5.51. The minimum atomic E-state index is -0.919. The van der Waals surface area contributed by atoms with Crippen molar-refractivity contribution in [2.75, 3.05) is 0 Å².